The second-order valence-electron chi connectivity index (χ2n) is 6.78. The van der Waals surface area contributed by atoms with Gasteiger partial charge in [0.1, 0.15) is 17.4 Å². The smallest absolute Gasteiger partial charge is 0.150 e. The molecular weight excluding hydrogens is 348 g/mol. The van der Waals surface area contributed by atoms with E-state index in [9.17, 15) is 0 Å². The zero-order chi connectivity index (χ0) is 19.7. The molecule has 1 N–H and O–H groups in total. The van der Waals surface area contributed by atoms with Gasteiger partial charge in [-0.15, -0.1) is 0 Å². The molecule has 0 unspecified atom stereocenters. The van der Waals surface area contributed by atoms with Crippen molar-refractivity contribution in [2.24, 2.45) is 0 Å². The van der Waals surface area contributed by atoms with Crippen molar-refractivity contribution < 1.29 is 4.74 Å². The van der Waals surface area contributed by atoms with Crippen LogP contribution < -0.4 is 10.1 Å². The molecule has 28 heavy (non-hydrogen) atoms. The van der Waals surface area contributed by atoms with E-state index in [1.807, 2.05) is 56.3 Å². The van der Waals surface area contributed by atoms with Crippen molar-refractivity contribution in [1.82, 2.24) is 14.5 Å². The van der Waals surface area contributed by atoms with Crippen molar-refractivity contribution in [3.05, 3.63) is 71.7 Å². The first-order valence-electron chi connectivity index (χ1n) is 9.50. The van der Waals surface area contributed by atoms with E-state index in [0.717, 1.165) is 45.5 Å². The molecule has 142 valence electrons. The van der Waals surface area contributed by atoms with Crippen LogP contribution in [0.25, 0.3) is 16.7 Å². The van der Waals surface area contributed by atoms with Gasteiger partial charge in [0, 0.05) is 17.1 Å². The predicted molar refractivity (Wildman–Crippen MR) is 114 cm³/mol. The van der Waals surface area contributed by atoms with Crippen molar-refractivity contribution in [2.75, 3.05) is 11.9 Å². The highest BCUT2D eigenvalue weighted by Crippen LogP contribution is 2.33. The number of hydrogen-bond acceptors (Lipinski definition) is 4. The number of rotatable bonds is 5. The summed E-state index contributed by atoms with van der Waals surface area (Å²) in [6.45, 7) is 8.81. The van der Waals surface area contributed by atoms with Crippen LogP contribution in [0.2, 0.25) is 0 Å². The Morgan fingerprint density at radius 1 is 0.929 bits per heavy atom. The van der Waals surface area contributed by atoms with Crippen LogP contribution in [0.3, 0.4) is 0 Å². The van der Waals surface area contributed by atoms with Gasteiger partial charge in [-0.3, -0.25) is 4.57 Å². The number of fused-ring (bicyclic) bond motifs is 1. The average Bonchev–Trinajstić information content (AvgIpc) is 2.94. The molecule has 5 heteroatoms. The fraction of sp³-hybridized carbons (Fsp3) is 0.217. The summed E-state index contributed by atoms with van der Waals surface area (Å²) in [4.78, 5) is 9.46. The molecule has 0 saturated carbocycles. The number of ether oxygens (including phenoxy) is 1. The van der Waals surface area contributed by atoms with Gasteiger partial charge in [0.2, 0.25) is 0 Å². The van der Waals surface area contributed by atoms with Gasteiger partial charge in [-0.05, 0) is 69.7 Å². The Balaban J connectivity index is 1.83. The number of nitrogens with zero attached hydrogens (tertiary/aromatic N) is 3. The summed E-state index contributed by atoms with van der Waals surface area (Å²) in [6, 6.07) is 18.2. The number of anilines is 2. The van der Waals surface area contributed by atoms with Gasteiger partial charge in [-0.2, -0.15) is 0 Å². The standard InChI is InChI=1S/C23H24N4O/c1-5-28-20-13-11-18(12-14-20)26-22-21-15(2)16(3)27(19-9-7-6-8-10-19)23(21)25-17(4)24-22/h6-14H,5H2,1-4H3,(H,24,25,26). The first-order chi connectivity index (χ1) is 13.6. The minimum Gasteiger partial charge on any atom is -0.494 e. The minimum absolute atomic E-state index is 0.657. The molecule has 0 radical (unpaired) electrons. The first kappa shape index (κ1) is 18.0. The molecule has 0 amide bonds. The van der Waals surface area contributed by atoms with Crippen LogP contribution in [-0.2, 0) is 0 Å². The van der Waals surface area contributed by atoms with Gasteiger partial charge < -0.3 is 10.1 Å². The van der Waals surface area contributed by atoms with E-state index < -0.39 is 0 Å². The first-order valence-corrected chi connectivity index (χ1v) is 9.50. The zero-order valence-electron chi connectivity index (χ0n) is 16.7. The van der Waals surface area contributed by atoms with Gasteiger partial charge >= 0.3 is 0 Å². The summed E-state index contributed by atoms with van der Waals surface area (Å²) >= 11 is 0. The normalized spacial score (nSPS) is 11.0. The van der Waals surface area contributed by atoms with Gasteiger partial charge in [0.15, 0.2) is 5.65 Å². The average molecular weight is 372 g/mol. The number of benzene rings is 2. The molecule has 0 spiro atoms. The third-order valence-electron chi connectivity index (χ3n) is 4.91. The lowest BCUT2D eigenvalue weighted by Crippen LogP contribution is -2.02. The van der Waals surface area contributed by atoms with E-state index >= 15 is 0 Å². The minimum atomic E-state index is 0.657. The Kier molecular flexibility index (Phi) is 4.74. The zero-order valence-corrected chi connectivity index (χ0v) is 16.7. The topological polar surface area (TPSA) is 52.0 Å². The third-order valence-corrected chi connectivity index (χ3v) is 4.91. The van der Waals surface area contributed by atoms with Gasteiger partial charge in [0.25, 0.3) is 0 Å². The SMILES string of the molecule is CCOc1ccc(Nc2nc(C)nc3c2c(C)c(C)n3-c2ccccc2)cc1. The van der Waals surface area contributed by atoms with Crippen molar-refractivity contribution in [3.8, 4) is 11.4 Å². The van der Waals surface area contributed by atoms with Crippen molar-refractivity contribution in [1.29, 1.82) is 0 Å². The lowest BCUT2D eigenvalue weighted by atomic mass is 10.2. The van der Waals surface area contributed by atoms with Crippen molar-refractivity contribution in [3.63, 3.8) is 0 Å². The lowest BCUT2D eigenvalue weighted by molar-refractivity contribution is 0.340. The van der Waals surface area contributed by atoms with Crippen molar-refractivity contribution >= 4 is 22.5 Å². The summed E-state index contributed by atoms with van der Waals surface area (Å²) in [5.41, 5.74) is 5.32. The van der Waals surface area contributed by atoms with E-state index in [1.54, 1.807) is 0 Å². The fourth-order valence-electron chi connectivity index (χ4n) is 3.49. The Hall–Kier alpha value is -3.34. The Morgan fingerprint density at radius 3 is 2.32 bits per heavy atom. The lowest BCUT2D eigenvalue weighted by Gasteiger charge is -2.11. The largest absolute Gasteiger partial charge is 0.494 e. The number of para-hydroxylation sites is 1. The van der Waals surface area contributed by atoms with Crippen LogP contribution in [0, 0.1) is 20.8 Å². The number of aromatic nitrogens is 3. The summed E-state index contributed by atoms with van der Waals surface area (Å²) < 4.78 is 7.73. The Bertz CT molecular complexity index is 1120. The van der Waals surface area contributed by atoms with Crippen LogP contribution in [0.1, 0.15) is 24.0 Å². The summed E-state index contributed by atoms with van der Waals surface area (Å²) in [5.74, 6) is 2.41. The number of hydrogen-bond donors (Lipinski definition) is 1. The second-order valence-corrected chi connectivity index (χ2v) is 6.78. The highest BCUT2D eigenvalue weighted by atomic mass is 16.5. The molecule has 2 heterocycles. The molecule has 2 aromatic carbocycles. The van der Waals surface area contributed by atoms with E-state index in [0.29, 0.717) is 6.61 Å². The number of nitrogens with one attached hydrogen (secondary N) is 1. The molecule has 0 fully saturated rings. The van der Waals surface area contributed by atoms with Crippen LogP contribution in [0.15, 0.2) is 54.6 Å². The van der Waals surface area contributed by atoms with Crippen LogP contribution in [0.5, 0.6) is 5.75 Å². The summed E-state index contributed by atoms with van der Waals surface area (Å²) in [5, 5.41) is 4.51. The van der Waals surface area contributed by atoms with E-state index in [-0.39, 0.29) is 0 Å². The molecule has 4 rings (SSSR count). The molecule has 0 aliphatic carbocycles. The van der Waals surface area contributed by atoms with E-state index in [4.69, 9.17) is 14.7 Å². The van der Waals surface area contributed by atoms with Crippen molar-refractivity contribution in [2.45, 2.75) is 27.7 Å². The quantitative estimate of drug-likeness (QED) is 0.503. The highest BCUT2D eigenvalue weighted by molar-refractivity contribution is 5.94. The molecule has 4 aromatic rings. The van der Waals surface area contributed by atoms with E-state index in [2.05, 4.69) is 35.9 Å². The monoisotopic (exact) mass is 372 g/mol. The maximum Gasteiger partial charge on any atom is 0.150 e. The summed E-state index contributed by atoms with van der Waals surface area (Å²) in [6.07, 6.45) is 0. The molecule has 0 aliphatic heterocycles. The summed E-state index contributed by atoms with van der Waals surface area (Å²) in [7, 11) is 0. The second kappa shape index (κ2) is 7.35. The Labute approximate surface area is 165 Å². The fourth-order valence-corrected chi connectivity index (χ4v) is 3.49. The molecule has 0 saturated heterocycles. The molecule has 0 atom stereocenters. The van der Waals surface area contributed by atoms with Crippen LogP contribution >= 0.6 is 0 Å². The van der Waals surface area contributed by atoms with Crippen LogP contribution in [-0.4, -0.2) is 21.1 Å². The van der Waals surface area contributed by atoms with Gasteiger partial charge in [-0.25, -0.2) is 9.97 Å². The molecule has 0 aliphatic rings. The maximum absolute atomic E-state index is 5.53. The predicted octanol–water partition coefficient (Wildman–Crippen LogP) is 5.49. The molecular formula is C23H24N4O. The molecule has 5 nitrogen and oxygen atoms in total. The number of aryl methyl sites for hydroxylation is 2. The third kappa shape index (κ3) is 3.20. The Morgan fingerprint density at radius 2 is 1.64 bits per heavy atom. The maximum atomic E-state index is 5.53. The highest BCUT2D eigenvalue weighted by Gasteiger charge is 2.18. The van der Waals surface area contributed by atoms with Crippen LogP contribution in [0.4, 0.5) is 11.5 Å². The molecule has 2 aromatic heterocycles. The van der Waals surface area contributed by atoms with Gasteiger partial charge in [-0.1, -0.05) is 18.2 Å². The van der Waals surface area contributed by atoms with Gasteiger partial charge in [0.05, 0.1) is 12.0 Å². The molecule has 0 bridgehead atoms. The van der Waals surface area contributed by atoms with E-state index in [1.165, 1.54) is 5.56 Å².